The van der Waals surface area contributed by atoms with Crippen LogP contribution in [0.3, 0.4) is 0 Å². The maximum absolute atomic E-state index is 12.2. The molecule has 0 radical (unpaired) electrons. The zero-order chi connectivity index (χ0) is 16.0. The van der Waals surface area contributed by atoms with Crippen molar-refractivity contribution in [3.05, 3.63) is 35.4 Å². The Kier molecular flexibility index (Phi) is 6.37. The van der Waals surface area contributed by atoms with Crippen LogP contribution >= 0.6 is 0 Å². The summed E-state index contributed by atoms with van der Waals surface area (Å²) in [6.07, 6.45) is 0.473. The topological polar surface area (TPSA) is 60.9 Å². The van der Waals surface area contributed by atoms with Crippen molar-refractivity contribution in [1.29, 1.82) is 0 Å². The molecule has 1 rings (SSSR count). The highest BCUT2D eigenvalue weighted by molar-refractivity contribution is 5.79. The van der Waals surface area contributed by atoms with Gasteiger partial charge in [0.1, 0.15) is 6.04 Å². The van der Waals surface area contributed by atoms with Crippen molar-refractivity contribution in [2.45, 2.75) is 32.9 Å². The molecule has 1 amide bonds. The molecule has 0 fully saturated rings. The van der Waals surface area contributed by atoms with Gasteiger partial charge in [-0.2, -0.15) is 0 Å². The second kappa shape index (κ2) is 7.78. The summed E-state index contributed by atoms with van der Waals surface area (Å²) in [5.74, 6) is -0.977. The molecule has 0 saturated carbocycles. The van der Waals surface area contributed by atoms with Crippen molar-refractivity contribution >= 4 is 11.9 Å². The molecule has 1 unspecified atom stereocenters. The van der Waals surface area contributed by atoms with Crippen LogP contribution in [0.25, 0.3) is 0 Å². The number of aliphatic carboxylic acids is 1. The number of carbonyl (C=O) groups excluding carboxylic acids is 1. The van der Waals surface area contributed by atoms with Crippen LogP contribution in [0.2, 0.25) is 0 Å². The van der Waals surface area contributed by atoms with E-state index < -0.39 is 12.0 Å². The molecule has 1 aromatic carbocycles. The fraction of sp³-hybridized carbons (Fsp3) is 0.500. The maximum Gasteiger partial charge on any atom is 0.320 e. The van der Waals surface area contributed by atoms with E-state index in [9.17, 15) is 9.59 Å². The summed E-state index contributed by atoms with van der Waals surface area (Å²) >= 11 is 0. The van der Waals surface area contributed by atoms with Crippen LogP contribution in [-0.4, -0.2) is 53.5 Å². The number of nitrogens with zero attached hydrogens (tertiary/aromatic N) is 2. The van der Waals surface area contributed by atoms with Crippen molar-refractivity contribution in [2.75, 3.05) is 20.6 Å². The van der Waals surface area contributed by atoms with Gasteiger partial charge in [-0.05, 0) is 31.5 Å². The zero-order valence-electron chi connectivity index (χ0n) is 13.2. The predicted octanol–water partition coefficient (Wildman–Crippen LogP) is 1.75. The van der Waals surface area contributed by atoms with Crippen LogP contribution < -0.4 is 0 Å². The number of aryl methyl sites for hydroxylation is 1. The summed E-state index contributed by atoms with van der Waals surface area (Å²) in [5, 5.41) is 9.10. The highest BCUT2D eigenvalue weighted by Crippen LogP contribution is 2.10. The van der Waals surface area contributed by atoms with E-state index >= 15 is 0 Å². The minimum Gasteiger partial charge on any atom is -0.480 e. The van der Waals surface area contributed by atoms with E-state index in [2.05, 4.69) is 0 Å². The third kappa shape index (κ3) is 4.86. The molecule has 1 N–H and O–H groups in total. The summed E-state index contributed by atoms with van der Waals surface area (Å²) in [6.45, 7) is 4.45. The second-order valence-corrected chi connectivity index (χ2v) is 5.35. The first-order valence-electron chi connectivity index (χ1n) is 7.08. The molecule has 1 aromatic rings. The Labute approximate surface area is 126 Å². The van der Waals surface area contributed by atoms with Crippen LogP contribution in [0.15, 0.2) is 24.3 Å². The summed E-state index contributed by atoms with van der Waals surface area (Å²) in [4.78, 5) is 26.5. The lowest BCUT2D eigenvalue weighted by Crippen LogP contribution is -2.44. The second-order valence-electron chi connectivity index (χ2n) is 5.35. The Balaban J connectivity index is 2.63. The molecule has 21 heavy (non-hydrogen) atoms. The molecule has 0 saturated heterocycles. The minimum atomic E-state index is -0.894. The molecule has 0 aliphatic rings. The van der Waals surface area contributed by atoms with E-state index in [1.165, 1.54) is 0 Å². The van der Waals surface area contributed by atoms with Gasteiger partial charge >= 0.3 is 5.97 Å². The highest BCUT2D eigenvalue weighted by atomic mass is 16.4. The van der Waals surface area contributed by atoms with Gasteiger partial charge in [0.2, 0.25) is 5.91 Å². The van der Waals surface area contributed by atoms with Gasteiger partial charge in [0.25, 0.3) is 0 Å². The van der Waals surface area contributed by atoms with Gasteiger partial charge in [-0.3, -0.25) is 14.5 Å². The molecule has 1 atom stereocenters. The number of hydrogen-bond acceptors (Lipinski definition) is 3. The number of rotatable bonds is 7. The number of benzene rings is 1. The van der Waals surface area contributed by atoms with E-state index in [1.807, 2.05) is 31.2 Å². The van der Waals surface area contributed by atoms with Gasteiger partial charge in [0.05, 0.1) is 6.54 Å². The van der Waals surface area contributed by atoms with E-state index in [0.29, 0.717) is 13.0 Å². The summed E-state index contributed by atoms with van der Waals surface area (Å²) < 4.78 is 0. The van der Waals surface area contributed by atoms with Gasteiger partial charge in [-0.15, -0.1) is 0 Å². The number of carboxylic acid groups (broad SMARTS) is 1. The largest absolute Gasteiger partial charge is 0.480 e. The van der Waals surface area contributed by atoms with Crippen LogP contribution in [0.1, 0.15) is 24.5 Å². The molecule has 5 heteroatoms. The van der Waals surface area contributed by atoms with Crippen molar-refractivity contribution in [1.82, 2.24) is 9.80 Å². The zero-order valence-corrected chi connectivity index (χ0v) is 13.2. The smallest absolute Gasteiger partial charge is 0.320 e. The summed E-state index contributed by atoms with van der Waals surface area (Å²) in [7, 11) is 3.41. The lowest BCUT2D eigenvalue weighted by atomic mass is 10.1. The average Bonchev–Trinajstić information content (AvgIpc) is 2.41. The lowest BCUT2D eigenvalue weighted by molar-refractivity contribution is -0.144. The Morgan fingerprint density at radius 3 is 2.38 bits per heavy atom. The minimum absolute atomic E-state index is 0.0829. The normalized spacial score (nSPS) is 12.2. The van der Waals surface area contributed by atoms with Gasteiger partial charge in [-0.1, -0.05) is 31.2 Å². The Morgan fingerprint density at radius 1 is 1.24 bits per heavy atom. The number of likely N-dealkylation sites (N-methyl/N-ethyl adjacent to an activating group) is 2. The Morgan fingerprint density at radius 2 is 1.86 bits per heavy atom. The first-order valence-corrected chi connectivity index (χ1v) is 7.08. The lowest BCUT2D eigenvalue weighted by Gasteiger charge is -2.26. The number of carboxylic acids is 1. The SMILES string of the molecule is CCC(C(=O)O)N(C)CC(=O)N(C)Cc1ccccc1C. The molecule has 0 aliphatic heterocycles. The first-order chi connectivity index (χ1) is 9.86. The van der Waals surface area contributed by atoms with Crippen LogP contribution in [0.5, 0.6) is 0 Å². The van der Waals surface area contributed by atoms with Gasteiger partial charge in [-0.25, -0.2) is 0 Å². The monoisotopic (exact) mass is 292 g/mol. The first kappa shape index (κ1) is 17.2. The average molecular weight is 292 g/mol. The summed E-state index contributed by atoms with van der Waals surface area (Å²) in [5.41, 5.74) is 2.24. The molecular formula is C16H24N2O3. The van der Waals surface area contributed by atoms with E-state index in [1.54, 1.807) is 30.8 Å². The molecule has 5 nitrogen and oxygen atoms in total. The molecule has 0 spiro atoms. The number of hydrogen-bond donors (Lipinski definition) is 1. The Hall–Kier alpha value is -1.88. The van der Waals surface area contributed by atoms with Crippen LogP contribution in [-0.2, 0) is 16.1 Å². The molecular weight excluding hydrogens is 268 g/mol. The van der Waals surface area contributed by atoms with Crippen molar-refractivity contribution in [2.24, 2.45) is 0 Å². The highest BCUT2D eigenvalue weighted by Gasteiger charge is 2.23. The van der Waals surface area contributed by atoms with E-state index in [4.69, 9.17) is 5.11 Å². The summed E-state index contributed by atoms with van der Waals surface area (Å²) in [6, 6.07) is 7.30. The third-order valence-electron chi connectivity index (χ3n) is 3.68. The Bertz CT molecular complexity index is 502. The maximum atomic E-state index is 12.2. The number of carbonyl (C=O) groups is 2. The van der Waals surface area contributed by atoms with E-state index in [-0.39, 0.29) is 12.5 Å². The molecule has 116 valence electrons. The molecule has 0 heterocycles. The van der Waals surface area contributed by atoms with Gasteiger partial charge in [0.15, 0.2) is 0 Å². The van der Waals surface area contributed by atoms with Crippen molar-refractivity contribution < 1.29 is 14.7 Å². The van der Waals surface area contributed by atoms with E-state index in [0.717, 1.165) is 11.1 Å². The fourth-order valence-corrected chi connectivity index (χ4v) is 2.25. The molecule has 0 aliphatic carbocycles. The predicted molar refractivity (Wildman–Crippen MR) is 82.0 cm³/mol. The standard InChI is InChI=1S/C16H24N2O3/c1-5-14(16(20)21)17(3)11-15(19)18(4)10-13-9-7-6-8-12(13)2/h6-9,14H,5,10-11H2,1-4H3,(H,20,21). The number of amides is 1. The molecule has 0 bridgehead atoms. The van der Waals surface area contributed by atoms with Crippen molar-refractivity contribution in [3.8, 4) is 0 Å². The van der Waals surface area contributed by atoms with Gasteiger partial charge in [0, 0.05) is 13.6 Å². The fourth-order valence-electron chi connectivity index (χ4n) is 2.25. The third-order valence-corrected chi connectivity index (χ3v) is 3.68. The van der Waals surface area contributed by atoms with Crippen LogP contribution in [0, 0.1) is 6.92 Å². The molecule has 0 aromatic heterocycles. The quantitative estimate of drug-likeness (QED) is 0.831. The van der Waals surface area contributed by atoms with Crippen LogP contribution in [0.4, 0.5) is 0 Å². The van der Waals surface area contributed by atoms with Crippen molar-refractivity contribution in [3.63, 3.8) is 0 Å². The van der Waals surface area contributed by atoms with Gasteiger partial charge < -0.3 is 10.0 Å².